The summed E-state index contributed by atoms with van der Waals surface area (Å²) in [6.45, 7) is 3.48. The van der Waals surface area contributed by atoms with Crippen molar-refractivity contribution in [1.82, 2.24) is 0 Å². The van der Waals surface area contributed by atoms with Crippen LogP contribution in [0.3, 0.4) is 0 Å². The van der Waals surface area contributed by atoms with Gasteiger partial charge in [-0.1, -0.05) is 42.5 Å². The average Bonchev–Trinajstić information content (AvgIpc) is 2.56. The molecule has 2 rings (SSSR count). The number of para-hydroxylation sites is 1. The van der Waals surface area contributed by atoms with E-state index in [9.17, 15) is 14.4 Å². The Kier molecular flexibility index (Phi) is 8.43. The van der Waals surface area contributed by atoms with Crippen LogP contribution in [-0.2, 0) is 20.7 Å². The van der Waals surface area contributed by atoms with Crippen molar-refractivity contribution in [3.8, 4) is 5.75 Å². The number of esters is 2. The Morgan fingerprint density at radius 1 is 0.960 bits per heavy atom. The minimum absolute atomic E-state index is 0.0160. The molecule has 0 fully saturated rings. The fraction of sp³-hybridized carbons (Fsp3) is 0.211. The zero-order valence-corrected chi connectivity index (χ0v) is 14.1. The van der Waals surface area contributed by atoms with Crippen molar-refractivity contribution >= 4 is 17.9 Å². The Morgan fingerprint density at radius 2 is 1.56 bits per heavy atom. The third-order valence-corrected chi connectivity index (χ3v) is 2.87. The number of carbonyl (C=O) groups excluding carboxylic acids is 2. The fourth-order valence-corrected chi connectivity index (χ4v) is 1.86. The molecule has 0 saturated heterocycles. The zero-order valence-electron chi connectivity index (χ0n) is 14.1. The fourth-order valence-electron chi connectivity index (χ4n) is 1.86. The number of hydrogen-bond acceptors (Lipinski definition) is 5. The molecule has 132 valence electrons. The van der Waals surface area contributed by atoms with Crippen LogP contribution in [0.15, 0.2) is 54.6 Å². The van der Waals surface area contributed by atoms with Gasteiger partial charge in [-0.15, -0.1) is 0 Å². The molecule has 0 aliphatic rings. The molecular weight excluding hydrogens is 324 g/mol. The molecule has 0 spiro atoms. The van der Waals surface area contributed by atoms with E-state index in [0.29, 0.717) is 13.0 Å². The molecule has 0 aromatic heterocycles. The number of carboxylic acids is 1. The van der Waals surface area contributed by atoms with Gasteiger partial charge in [0.1, 0.15) is 11.3 Å². The Balaban J connectivity index is 0.000000251. The van der Waals surface area contributed by atoms with Gasteiger partial charge in [0.05, 0.1) is 13.0 Å². The quantitative estimate of drug-likeness (QED) is 0.662. The molecule has 6 nitrogen and oxygen atoms in total. The van der Waals surface area contributed by atoms with Crippen LogP contribution in [0.5, 0.6) is 5.75 Å². The maximum absolute atomic E-state index is 11.0. The Morgan fingerprint density at radius 3 is 2.12 bits per heavy atom. The van der Waals surface area contributed by atoms with Gasteiger partial charge in [-0.05, 0) is 24.6 Å². The second kappa shape index (κ2) is 10.6. The number of hydrogen-bond donors (Lipinski definition) is 1. The molecule has 6 heteroatoms. The number of carboxylic acid groups (broad SMARTS) is 1. The van der Waals surface area contributed by atoms with Crippen molar-refractivity contribution in [3.05, 3.63) is 65.7 Å². The monoisotopic (exact) mass is 344 g/mol. The van der Waals surface area contributed by atoms with Gasteiger partial charge in [0.15, 0.2) is 0 Å². The highest BCUT2D eigenvalue weighted by molar-refractivity contribution is 5.91. The first-order valence-electron chi connectivity index (χ1n) is 7.64. The van der Waals surface area contributed by atoms with Gasteiger partial charge in [-0.25, -0.2) is 4.79 Å². The molecule has 2 aromatic carbocycles. The maximum atomic E-state index is 11.0. The summed E-state index contributed by atoms with van der Waals surface area (Å²) in [6, 6.07) is 15.6. The van der Waals surface area contributed by atoms with Gasteiger partial charge in [0.2, 0.25) is 0 Å². The van der Waals surface area contributed by atoms with E-state index in [1.54, 1.807) is 12.1 Å². The molecule has 0 amide bonds. The van der Waals surface area contributed by atoms with Gasteiger partial charge in [0.25, 0.3) is 0 Å². The molecule has 25 heavy (non-hydrogen) atoms. The van der Waals surface area contributed by atoms with E-state index in [4.69, 9.17) is 9.84 Å². The topological polar surface area (TPSA) is 89.9 Å². The lowest BCUT2D eigenvalue weighted by molar-refractivity contribution is -0.142. The SMILES string of the molecule is CC(=O)Oc1ccccc1C(=O)O.CCOC(=O)Cc1ccccc1. The summed E-state index contributed by atoms with van der Waals surface area (Å²) in [4.78, 5) is 32.2. The minimum Gasteiger partial charge on any atom is -0.478 e. The molecular formula is C19H20O6. The zero-order chi connectivity index (χ0) is 18.7. The first kappa shape index (κ1) is 19.9. The second-order valence-electron chi connectivity index (χ2n) is 4.86. The summed E-state index contributed by atoms with van der Waals surface area (Å²) in [5.74, 6) is -1.74. The van der Waals surface area contributed by atoms with E-state index >= 15 is 0 Å². The largest absolute Gasteiger partial charge is 0.478 e. The van der Waals surface area contributed by atoms with Crippen molar-refractivity contribution in [2.45, 2.75) is 20.3 Å². The van der Waals surface area contributed by atoms with Crippen LogP contribution >= 0.6 is 0 Å². The molecule has 1 N–H and O–H groups in total. The summed E-state index contributed by atoms with van der Waals surface area (Å²) in [7, 11) is 0. The van der Waals surface area contributed by atoms with E-state index in [1.807, 2.05) is 37.3 Å². The second-order valence-corrected chi connectivity index (χ2v) is 4.86. The third-order valence-electron chi connectivity index (χ3n) is 2.87. The molecule has 0 aliphatic heterocycles. The summed E-state index contributed by atoms with van der Waals surface area (Å²) in [5, 5.41) is 8.69. The van der Waals surface area contributed by atoms with Gasteiger partial charge in [-0.3, -0.25) is 9.59 Å². The van der Waals surface area contributed by atoms with E-state index in [-0.39, 0.29) is 17.3 Å². The highest BCUT2D eigenvalue weighted by Crippen LogP contribution is 2.17. The van der Waals surface area contributed by atoms with E-state index in [0.717, 1.165) is 5.56 Å². The average molecular weight is 344 g/mol. The molecule has 0 saturated carbocycles. The molecule has 0 radical (unpaired) electrons. The van der Waals surface area contributed by atoms with Crippen molar-refractivity contribution in [3.63, 3.8) is 0 Å². The Hall–Kier alpha value is -3.15. The molecule has 0 heterocycles. The van der Waals surface area contributed by atoms with Gasteiger partial charge in [-0.2, -0.15) is 0 Å². The highest BCUT2D eigenvalue weighted by Gasteiger charge is 2.11. The number of rotatable bonds is 5. The molecule has 0 aliphatic carbocycles. The van der Waals surface area contributed by atoms with Crippen molar-refractivity contribution in [2.24, 2.45) is 0 Å². The molecule has 0 bridgehead atoms. The van der Waals surface area contributed by atoms with Gasteiger partial charge < -0.3 is 14.6 Å². The van der Waals surface area contributed by atoms with Gasteiger partial charge >= 0.3 is 17.9 Å². The number of aromatic carboxylic acids is 1. The summed E-state index contributed by atoms with van der Waals surface area (Å²) < 4.78 is 9.49. The minimum atomic E-state index is -1.11. The van der Waals surface area contributed by atoms with Crippen molar-refractivity contribution in [2.75, 3.05) is 6.61 Å². The number of carbonyl (C=O) groups is 3. The molecule has 2 aromatic rings. The van der Waals surface area contributed by atoms with Crippen LogP contribution in [0.4, 0.5) is 0 Å². The van der Waals surface area contributed by atoms with Crippen LogP contribution in [0.25, 0.3) is 0 Å². The van der Waals surface area contributed by atoms with Crippen LogP contribution in [0.2, 0.25) is 0 Å². The lowest BCUT2D eigenvalue weighted by Gasteiger charge is -2.03. The Labute approximate surface area is 146 Å². The van der Waals surface area contributed by atoms with Crippen LogP contribution in [0.1, 0.15) is 29.8 Å². The predicted octanol–water partition coefficient (Wildman–Crippen LogP) is 3.10. The maximum Gasteiger partial charge on any atom is 0.339 e. The summed E-state index contributed by atoms with van der Waals surface area (Å²) in [5.41, 5.74) is 0.980. The lowest BCUT2D eigenvalue weighted by atomic mass is 10.2. The van der Waals surface area contributed by atoms with Crippen molar-refractivity contribution in [1.29, 1.82) is 0 Å². The molecule has 0 unspecified atom stereocenters. The van der Waals surface area contributed by atoms with Gasteiger partial charge in [0, 0.05) is 6.92 Å². The van der Waals surface area contributed by atoms with Crippen LogP contribution in [-0.4, -0.2) is 29.6 Å². The predicted molar refractivity (Wildman–Crippen MR) is 91.5 cm³/mol. The molecule has 0 atom stereocenters. The third kappa shape index (κ3) is 7.78. The lowest BCUT2D eigenvalue weighted by Crippen LogP contribution is -2.06. The van der Waals surface area contributed by atoms with Crippen LogP contribution in [0, 0.1) is 0 Å². The highest BCUT2D eigenvalue weighted by atomic mass is 16.5. The first-order valence-corrected chi connectivity index (χ1v) is 7.64. The smallest absolute Gasteiger partial charge is 0.339 e. The van der Waals surface area contributed by atoms with E-state index < -0.39 is 11.9 Å². The van der Waals surface area contributed by atoms with Crippen LogP contribution < -0.4 is 4.74 Å². The summed E-state index contributed by atoms with van der Waals surface area (Å²) >= 11 is 0. The Bertz CT molecular complexity index is 709. The summed E-state index contributed by atoms with van der Waals surface area (Å²) in [6.07, 6.45) is 0.370. The normalized spacial score (nSPS) is 9.36. The number of ether oxygens (including phenoxy) is 2. The number of benzene rings is 2. The first-order chi connectivity index (χ1) is 11.9. The van der Waals surface area contributed by atoms with E-state index in [1.165, 1.54) is 19.1 Å². The standard InChI is InChI=1S/C10H12O2.C9H8O4/c1-2-12-10(11)8-9-6-4-3-5-7-9;1-6(10)13-8-5-3-2-4-7(8)9(11)12/h3-7H,2,8H2,1H3;2-5H,1H3,(H,11,12). The van der Waals surface area contributed by atoms with E-state index in [2.05, 4.69) is 4.74 Å². The van der Waals surface area contributed by atoms with Crippen molar-refractivity contribution < 1.29 is 29.0 Å².